The Morgan fingerprint density at radius 2 is 0.615 bits per heavy atom. The number of hydrogen-bond donors (Lipinski definition) is 0. The molecule has 3 aromatic rings. The molecule has 0 unspecified atom stereocenters. The normalized spacial score (nSPS) is 11.3. The Kier molecular flexibility index (Phi) is 10.1. The topological polar surface area (TPSA) is 83.1 Å². The molecule has 0 aliphatic carbocycles. The van der Waals surface area contributed by atoms with Gasteiger partial charge in [-0.3, -0.25) is 0 Å². The first kappa shape index (κ1) is 30.1. The second kappa shape index (κ2) is 13.1. The van der Waals surface area contributed by atoms with Crippen LogP contribution in [0, 0.1) is 0 Å². The first-order valence-corrected chi connectivity index (χ1v) is 14.6. The van der Waals surface area contributed by atoms with Gasteiger partial charge in [-0.2, -0.15) is 0 Å². The fourth-order valence-electron chi connectivity index (χ4n) is 4.85. The van der Waals surface area contributed by atoms with Crippen LogP contribution in [0.2, 0.25) is 0 Å². The molecule has 0 aliphatic rings. The van der Waals surface area contributed by atoms with E-state index >= 15 is 0 Å². The number of hydrogen-bond acceptors (Lipinski definition) is 9. The zero-order valence-electron chi connectivity index (χ0n) is 23.7. The number of methoxy groups -OCH3 is 9. The van der Waals surface area contributed by atoms with Crippen molar-refractivity contribution in [2.75, 3.05) is 69.6 Å². The third-order valence-corrected chi connectivity index (χ3v) is 12.3. The predicted octanol–water partition coefficient (Wildman–Crippen LogP) is 3.99. The van der Waals surface area contributed by atoms with Crippen molar-refractivity contribution in [2.45, 2.75) is 0 Å². The van der Waals surface area contributed by atoms with Gasteiger partial charge in [0.25, 0.3) is 0 Å². The van der Waals surface area contributed by atoms with Gasteiger partial charge in [0, 0.05) is 0 Å². The first-order chi connectivity index (χ1) is 18.9. The predicted molar refractivity (Wildman–Crippen MR) is 156 cm³/mol. The van der Waals surface area contributed by atoms with Gasteiger partial charge in [0.2, 0.25) is 0 Å². The van der Waals surface area contributed by atoms with Crippen LogP contribution in [-0.4, -0.2) is 69.6 Å². The molecule has 0 N–H and O–H groups in total. The summed E-state index contributed by atoms with van der Waals surface area (Å²) in [6, 6.07) is 10.7. The Balaban J connectivity index is 2.74. The number of ether oxygens (including phenoxy) is 9. The first-order valence-electron chi connectivity index (χ1n) is 11.8. The zero-order valence-corrected chi connectivity index (χ0v) is 25.5. The maximum absolute atomic E-state index is 7.16. The van der Waals surface area contributed by atoms with Gasteiger partial charge in [0.1, 0.15) is 0 Å². The van der Waals surface area contributed by atoms with Crippen LogP contribution in [-0.2, 0) is 0 Å². The molecule has 9 nitrogen and oxygen atoms in total. The Hall–Kier alpha value is -3.42. The van der Waals surface area contributed by atoms with Crippen molar-refractivity contribution < 1.29 is 42.6 Å². The van der Waals surface area contributed by atoms with Crippen molar-refractivity contribution in [1.29, 1.82) is 0 Å². The van der Waals surface area contributed by atoms with Crippen LogP contribution in [0.1, 0.15) is 0 Å². The van der Waals surface area contributed by atoms with Gasteiger partial charge in [-0.05, 0) is 0 Å². The van der Waals surface area contributed by atoms with Gasteiger partial charge in [0.05, 0.1) is 0 Å². The average molecular weight is 583 g/mol. The van der Waals surface area contributed by atoms with E-state index in [-0.39, 0.29) is 5.62 Å². The summed E-state index contributed by atoms with van der Waals surface area (Å²) in [4.78, 5) is 0. The van der Waals surface area contributed by atoms with E-state index in [1.165, 1.54) is 0 Å². The molecule has 3 rings (SSSR count). The Labute approximate surface area is 235 Å². The maximum atomic E-state index is 7.16. The second-order valence-electron chi connectivity index (χ2n) is 8.26. The molecule has 214 valence electrons. The summed E-state index contributed by atoms with van der Waals surface area (Å²) in [6.45, 7) is 0. The van der Waals surface area contributed by atoms with E-state index in [4.69, 9.17) is 54.2 Å². The molecule has 0 radical (unpaired) electrons. The molecule has 0 heterocycles. The van der Waals surface area contributed by atoms with E-state index in [9.17, 15) is 0 Å². The minimum absolute atomic E-state index is 0.0874. The monoisotopic (exact) mass is 582 g/mol. The summed E-state index contributed by atoms with van der Waals surface area (Å²) < 4.78 is 52.4. The molecular weight excluding hydrogens is 547 g/mol. The molecule has 11 heteroatoms. The molecule has 3 aromatic carbocycles. The summed E-state index contributed by atoms with van der Waals surface area (Å²) in [7, 11) is 10.7. The van der Waals surface area contributed by atoms with Gasteiger partial charge in [-0.15, -0.1) is 0 Å². The van der Waals surface area contributed by atoms with E-state index in [1.807, 2.05) is 0 Å². The average Bonchev–Trinajstić information content (AvgIpc) is 3.00. The molecular formula is C28H36ClO9P. The van der Waals surface area contributed by atoms with Crippen LogP contribution in [0.25, 0.3) is 0 Å². The molecule has 0 saturated heterocycles. The molecule has 0 atom stereocenters. The van der Waals surface area contributed by atoms with Crippen molar-refractivity contribution in [2.24, 2.45) is 0 Å². The molecule has 0 aromatic heterocycles. The molecule has 0 fully saturated rings. The number of rotatable bonds is 13. The van der Waals surface area contributed by atoms with E-state index in [0.717, 1.165) is 0 Å². The van der Waals surface area contributed by atoms with Gasteiger partial charge < -0.3 is 0 Å². The zero-order chi connectivity index (χ0) is 28.7. The summed E-state index contributed by atoms with van der Waals surface area (Å²) >= 11 is 7.16. The van der Waals surface area contributed by atoms with Crippen molar-refractivity contribution in [3.63, 3.8) is 0 Å². The fourth-order valence-corrected chi connectivity index (χ4v) is 10.8. The number of benzene rings is 3. The quantitative estimate of drug-likeness (QED) is 0.219. The second-order valence-corrected chi connectivity index (χ2v) is 12.6. The Bertz CT molecular complexity index is 1070. The van der Waals surface area contributed by atoms with Crippen molar-refractivity contribution in [3.8, 4) is 51.7 Å². The van der Waals surface area contributed by atoms with Crippen molar-refractivity contribution >= 4 is 34.8 Å². The summed E-state index contributed by atoms with van der Waals surface area (Å²) in [5.74, 6) is 4.64. The molecule has 0 amide bonds. The molecule has 0 saturated carbocycles. The molecule has 39 heavy (non-hydrogen) atoms. The van der Waals surface area contributed by atoms with Crippen LogP contribution in [0.5, 0.6) is 51.7 Å². The minimum atomic E-state index is -3.55. The summed E-state index contributed by atoms with van der Waals surface area (Å²) in [5.41, 5.74) is 0.0874. The molecule has 0 spiro atoms. The van der Waals surface area contributed by atoms with Crippen molar-refractivity contribution in [3.05, 3.63) is 36.4 Å². The van der Waals surface area contributed by atoms with Gasteiger partial charge >= 0.3 is 235 Å². The van der Waals surface area contributed by atoms with Crippen LogP contribution in [0.15, 0.2) is 36.4 Å². The van der Waals surface area contributed by atoms with E-state index in [1.54, 1.807) is 100 Å². The van der Waals surface area contributed by atoms with Crippen LogP contribution < -0.4 is 58.5 Å². The van der Waals surface area contributed by atoms with Gasteiger partial charge in [0.15, 0.2) is 0 Å². The fraction of sp³-hybridized carbons (Fsp3) is 0.357. The van der Waals surface area contributed by atoms with Crippen LogP contribution in [0.3, 0.4) is 0 Å². The van der Waals surface area contributed by atoms with Crippen LogP contribution >= 0.6 is 18.9 Å². The molecule has 0 bridgehead atoms. The van der Waals surface area contributed by atoms with E-state index in [2.05, 4.69) is 0 Å². The summed E-state index contributed by atoms with van der Waals surface area (Å²) in [5, 5.41) is 2.10. The third kappa shape index (κ3) is 5.25. The SMILES string of the molecule is COc1cc(OC)c([PH](CCl)(c2c(OC)cc(OC)cc2OC)c2c(OC)cc(OC)cc2OC)c(OC)c1. The number of alkyl halides is 1. The Morgan fingerprint density at radius 1 is 0.410 bits per heavy atom. The Morgan fingerprint density at radius 3 is 0.744 bits per heavy atom. The molecule has 0 aliphatic heterocycles. The van der Waals surface area contributed by atoms with Gasteiger partial charge in [-0.1, -0.05) is 0 Å². The van der Waals surface area contributed by atoms with E-state index < -0.39 is 7.26 Å². The van der Waals surface area contributed by atoms with Gasteiger partial charge in [-0.25, -0.2) is 0 Å². The number of halogens is 1. The van der Waals surface area contributed by atoms with Crippen LogP contribution in [0.4, 0.5) is 0 Å². The van der Waals surface area contributed by atoms with Crippen molar-refractivity contribution in [1.82, 2.24) is 0 Å². The van der Waals surface area contributed by atoms with E-state index in [0.29, 0.717) is 67.7 Å². The summed E-state index contributed by atoms with van der Waals surface area (Å²) in [6.07, 6.45) is 0. The third-order valence-electron chi connectivity index (χ3n) is 6.63. The standard InChI is InChI=1S/C28H36ClO9P/c1-30-17-10-20(33-4)26(21(11-17)34-5)39(16-29,27-22(35-6)12-18(31-2)13-23(27)36-7)28-24(37-8)14-19(32-3)15-25(28)38-9/h10-15,39H,16H2,1-9H3.